The molecule has 0 spiro atoms. The van der Waals surface area contributed by atoms with E-state index in [1.807, 2.05) is 0 Å². The maximum atomic E-state index is 9.94. The molecule has 0 aromatic heterocycles. The van der Waals surface area contributed by atoms with E-state index in [-0.39, 0.29) is 6.10 Å². The van der Waals surface area contributed by atoms with Crippen molar-refractivity contribution in [1.82, 2.24) is 4.90 Å². The third-order valence-corrected chi connectivity index (χ3v) is 4.01. The lowest BCUT2D eigenvalue weighted by Gasteiger charge is -2.39. The second-order valence-corrected chi connectivity index (χ2v) is 5.02. The van der Waals surface area contributed by atoms with Gasteiger partial charge in [0.15, 0.2) is 0 Å². The van der Waals surface area contributed by atoms with Gasteiger partial charge in [-0.2, -0.15) is 0 Å². The minimum Gasteiger partial charge on any atom is -0.391 e. The number of hydrogen-bond acceptors (Lipinski definition) is 2. The summed E-state index contributed by atoms with van der Waals surface area (Å²) in [6, 6.07) is 0.416. The molecule has 0 radical (unpaired) electrons. The maximum absolute atomic E-state index is 9.94. The van der Waals surface area contributed by atoms with E-state index in [2.05, 4.69) is 19.0 Å². The number of aliphatic hydroxyl groups is 1. The Morgan fingerprint density at radius 1 is 1.08 bits per heavy atom. The first-order valence-corrected chi connectivity index (χ1v) is 5.53. The van der Waals surface area contributed by atoms with E-state index in [1.165, 1.54) is 25.7 Å². The Morgan fingerprint density at radius 2 is 1.69 bits per heavy atom. The summed E-state index contributed by atoms with van der Waals surface area (Å²) >= 11 is 0. The standard InChI is InChI=1S/C11H21NO/c1-12(2)10-6-8-4-3-5-9(8)7-11(10)13/h8-11,13H,3-7H2,1-2H3/t8-,9-,10-,11-/m1/s1. The predicted octanol–water partition coefficient (Wildman–Crippen LogP) is 1.49. The van der Waals surface area contributed by atoms with E-state index in [1.54, 1.807) is 0 Å². The lowest BCUT2D eigenvalue weighted by Crippen LogP contribution is -2.45. The fourth-order valence-corrected chi connectivity index (χ4v) is 3.22. The van der Waals surface area contributed by atoms with Gasteiger partial charge in [0.2, 0.25) is 0 Å². The summed E-state index contributed by atoms with van der Waals surface area (Å²) in [5.74, 6) is 1.75. The van der Waals surface area contributed by atoms with Crippen LogP contribution in [-0.2, 0) is 0 Å². The van der Waals surface area contributed by atoms with Crippen molar-refractivity contribution in [1.29, 1.82) is 0 Å². The smallest absolute Gasteiger partial charge is 0.0698 e. The highest BCUT2D eigenvalue weighted by atomic mass is 16.3. The second kappa shape index (κ2) is 3.58. The SMILES string of the molecule is CN(C)[C@@H]1C[C@H]2CCC[C@@H]2C[C@H]1O. The van der Waals surface area contributed by atoms with Gasteiger partial charge < -0.3 is 10.0 Å². The average molecular weight is 183 g/mol. The highest BCUT2D eigenvalue weighted by Gasteiger charge is 2.39. The molecule has 0 amide bonds. The third kappa shape index (κ3) is 1.75. The van der Waals surface area contributed by atoms with Crippen LogP contribution in [0.25, 0.3) is 0 Å². The van der Waals surface area contributed by atoms with Gasteiger partial charge in [0, 0.05) is 6.04 Å². The average Bonchev–Trinajstić information content (AvgIpc) is 2.48. The van der Waals surface area contributed by atoms with Crippen molar-refractivity contribution in [2.75, 3.05) is 14.1 Å². The first kappa shape index (κ1) is 9.47. The number of aliphatic hydroxyl groups excluding tert-OH is 1. The van der Waals surface area contributed by atoms with Crippen molar-refractivity contribution < 1.29 is 5.11 Å². The van der Waals surface area contributed by atoms with Crippen LogP contribution in [0.15, 0.2) is 0 Å². The van der Waals surface area contributed by atoms with Crippen LogP contribution in [0.4, 0.5) is 0 Å². The van der Waals surface area contributed by atoms with Crippen molar-refractivity contribution in [3.05, 3.63) is 0 Å². The van der Waals surface area contributed by atoms with Crippen molar-refractivity contribution in [2.24, 2.45) is 11.8 Å². The molecule has 2 aliphatic rings. The highest BCUT2D eigenvalue weighted by Crippen LogP contribution is 2.42. The molecule has 2 heteroatoms. The Balaban J connectivity index is 2.01. The maximum Gasteiger partial charge on any atom is 0.0698 e. The van der Waals surface area contributed by atoms with Crippen LogP contribution in [0.1, 0.15) is 32.1 Å². The monoisotopic (exact) mass is 183 g/mol. The van der Waals surface area contributed by atoms with E-state index < -0.39 is 0 Å². The molecule has 0 bridgehead atoms. The van der Waals surface area contributed by atoms with Crippen molar-refractivity contribution in [3.63, 3.8) is 0 Å². The number of hydrogen-bond donors (Lipinski definition) is 1. The molecule has 0 heterocycles. The van der Waals surface area contributed by atoms with Gasteiger partial charge in [-0.15, -0.1) is 0 Å². The zero-order valence-electron chi connectivity index (χ0n) is 8.74. The van der Waals surface area contributed by atoms with Gasteiger partial charge in [-0.25, -0.2) is 0 Å². The van der Waals surface area contributed by atoms with Crippen molar-refractivity contribution >= 4 is 0 Å². The second-order valence-electron chi connectivity index (χ2n) is 5.02. The molecule has 0 aromatic rings. The molecule has 2 fully saturated rings. The van der Waals surface area contributed by atoms with Gasteiger partial charge >= 0.3 is 0 Å². The van der Waals surface area contributed by atoms with Gasteiger partial charge in [0.1, 0.15) is 0 Å². The number of fused-ring (bicyclic) bond motifs is 1. The largest absolute Gasteiger partial charge is 0.391 e. The van der Waals surface area contributed by atoms with E-state index in [9.17, 15) is 5.11 Å². The van der Waals surface area contributed by atoms with Gasteiger partial charge in [-0.05, 0) is 38.8 Å². The lowest BCUT2D eigenvalue weighted by atomic mass is 9.77. The summed E-state index contributed by atoms with van der Waals surface area (Å²) in [7, 11) is 4.17. The quantitative estimate of drug-likeness (QED) is 0.665. The summed E-state index contributed by atoms with van der Waals surface area (Å²) in [5, 5.41) is 9.94. The first-order chi connectivity index (χ1) is 6.18. The fourth-order valence-electron chi connectivity index (χ4n) is 3.22. The van der Waals surface area contributed by atoms with Crippen LogP contribution in [0, 0.1) is 11.8 Å². The Hall–Kier alpha value is -0.0800. The van der Waals surface area contributed by atoms with Crippen LogP contribution in [-0.4, -0.2) is 36.2 Å². The normalized spacial score (nSPS) is 45.2. The molecule has 0 saturated heterocycles. The molecule has 0 aromatic carbocycles. The highest BCUT2D eigenvalue weighted by molar-refractivity contribution is 4.92. The zero-order chi connectivity index (χ0) is 9.42. The molecule has 4 atom stereocenters. The van der Waals surface area contributed by atoms with Gasteiger partial charge in [-0.1, -0.05) is 19.3 Å². The summed E-state index contributed by atoms with van der Waals surface area (Å²) in [5.41, 5.74) is 0. The topological polar surface area (TPSA) is 23.5 Å². The van der Waals surface area contributed by atoms with Crippen LogP contribution in [0.3, 0.4) is 0 Å². The van der Waals surface area contributed by atoms with E-state index in [0.717, 1.165) is 18.3 Å². The Morgan fingerprint density at radius 3 is 2.31 bits per heavy atom. The molecule has 76 valence electrons. The fraction of sp³-hybridized carbons (Fsp3) is 1.00. The van der Waals surface area contributed by atoms with E-state index in [0.29, 0.717) is 6.04 Å². The number of rotatable bonds is 1. The molecular formula is C11H21NO. The Bertz CT molecular complexity index is 181. The molecule has 2 rings (SSSR count). The minimum atomic E-state index is -0.0747. The van der Waals surface area contributed by atoms with E-state index >= 15 is 0 Å². The van der Waals surface area contributed by atoms with Gasteiger partial charge in [0.25, 0.3) is 0 Å². The molecule has 1 N–H and O–H groups in total. The number of nitrogens with zero attached hydrogens (tertiary/aromatic N) is 1. The molecule has 0 unspecified atom stereocenters. The Labute approximate surface area is 80.9 Å². The molecule has 2 nitrogen and oxygen atoms in total. The van der Waals surface area contributed by atoms with Crippen LogP contribution in [0.2, 0.25) is 0 Å². The summed E-state index contributed by atoms with van der Waals surface area (Å²) in [4.78, 5) is 2.19. The van der Waals surface area contributed by atoms with Crippen LogP contribution < -0.4 is 0 Å². The van der Waals surface area contributed by atoms with Crippen LogP contribution >= 0.6 is 0 Å². The molecule has 13 heavy (non-hydrogen) atoms. The Kier molecular flexibility index (Phi) is 2.61. The summed E-state index contributed by atoms with van der Waals surface area (Å²) in [6.07, 6.45) is 6.35. The molecular weight excluding hydrogens is 162 g/mol. The van der Waals surface area contributed by atoms with Gasteiger partial charge in [0.05, 0.1) is 6.10 Å². The zero-order valence-corrected chi connectivity index (χ0v) is 8.74. The number of likely N-dealkylation sites (N-methyl/N-ethyl adjacent to an activating group) is 1. The minimum absolute atomic E-state index is 0.0747. The molecule has 0 aliphatic heterocycles. The summed E-state index contributed by atoms with van der Waals surface area (Å²) < 4.78 is 0. The predicted molar refractivity (Wildman–Crippen MR) is 53.5 cm³/mol. The van der Waals surface area contributed by atoms with Crippen LogP contribution in [0.5, 0.6) is 0 Å². The third-order valence-electron chi connectivity index (χ3n) is 4.01. The first-order valence-electron chi connectivity index (χ1n) is 5.53. The van der Waals surface area contributed by atoms with Gasteiger partial charge in [-0.3, -0.25) is 0 Å². The lowest BCUT2D eigenvalue weighted by molar-refractivity contribution is 0.00499. The molecule has 2 saturated carbocycles. The summed E-state index contributed by atoms with van der Waals surface area (Å²) in [6.45, 7) is 0. The molecule has 2 aliphatic carbocycles. The van der Waals surface area contributed by atoms with Crippen molar-refractivity contribution in [2.45, 2.75) is 44.2 Å². The van der Waals surface area contributed by atoms with Crippen molar-refractivity contribution in [3.8, 4) is 0 Å². The van der Waals surface area contributed by atoms with E-state index in [4.69, 9.17) is 0 Å².